The van der Waals surface area contributed by atoms with Gasteiger partial charge in [-0.2, -0.15) is 0 Å². The first-order chi connectivity index (χ1) is 10.5. The molecule has 1 unspecified atom stereocenters. The normalized spacial score (nSPS) is 25.4. The number of fused-ring (bicyclic) bond motifs is 1. The average Bonchev–Trinajstić information content (AvgIpc) is 3.03. The number of aryl methyl sites for hydroxylation is 2. The lowest BCUT2D eigenvalue weighted by Crippen LogP contribution is -2.34. The molecule has 1 aromatic heterocycles. The lowest BCUT2D eigenvalue weighted by molar-refractivity contribution is -0.147. The zero-order chi connectivity index (χ0) is 15.7. The number of aliphatic carboxylic acids is 1. The molecular formula is C17H23NO3S. The van der Waals surface area contributed by atoms with Gasteiger partial charge in [-0.1, -0.05) is 12.8 Å². The minimum absolute atomic E-state index is 0.0155. The van der Waals surface area contributed by atoms with Gasteiger partial charge >= 0.3 is 5.97 Å². The Hall–Kier alpha value is -1.36. The van der Waals surface area contributed by atoms with Gasteiger partial charge < -0.3 is 10.0 Å². The third kappa shape index (κ3) is 2.91. The van der Waals surface area contributed by atoms with Crippen molar-refractivity contribution >= 4 is 23.2 Å². The summed E-state index contributed by atoms with van der Waals surface area (Å²) in [4.78, 5) is 27.9. The Kier molecular flexibility index (Phi) is 4.26. The molecule has 4 nitrogen and oxygen atoms in total. The maximum absolute atomic E-state index is 12.7. The molecule has 1 aliphatic heterocycles. The van der Waals surface area contributed by atoms with Crippen molar-refractivity contribution in [2.24, 2.45) is 5.41 Å². The van der Waals surface area contributed by atoms with Crippen LogP contribution in [0.1, 0.15) is 59.1 Å². The Balaban J connectivity index is 1.76. The maximum atomic E-state index is 12.7. The molecule has 22 heavy (non-hydrogen) atoms. The first-order valence-electron chi connectivity index (χ1n) is 8.14. The molecule has 0 spiro atoms. The van der Waals surface area contributed by atoms with Crippen LogP contribution in [-0.4, -0.2) is 35.0 Å². The van der Waals surface area contributed by atoms with Crippen LogP contribution in [0.15, 0.2) is 6.07 Å². The lowest BCUT2D eigenvalue weighted by Gasteiger charge is -2.19. The SMILES string of the molecule is CC1(C(=O)O)CCN(C(=O)c2cc3c(s2)CCCCCC3)C1. The van der Waals surface area contributed by atoms with Gasteiger partial charge in [-0.25, -0.2) is 0 Å². The standard InChI is InChI=1S/C17H23NO3S/c1-17(16(20)21)8-9-18(11-17)15(19)14-10-12-6-4-2-3-5-7-13(12)22-14/h10H,2-9,11H2,1H3,(H,20,21). The van der Waals surface area contributed by atoms with Gasteiger partial charge in [0.1, 0.15) is 0 Å². The number of carbonyl (C=O) groups is 2. The van der Waals surface area contributed by atoms with Crippen LogP contribution in [-0.2, 0) is 17.6 Å². The summed E-state index contributed by atoms with van der Waals surface area (Å²) >= 11 is 1.62. The van der Waals surface area contributed by atoms with E-state index in [2.05, 4.69) is 6.07 Å². The van der Waals surface area contributed by atoms with E-state index in [0.717, 1.165) is 17.7 Å². The lowest BCUT2D eigenvalue weighted by atomic mass is 9.90. The van der Waals surface area contributed by atoms with Crippen molar-refractivity contribution in [2.45, 2.75) is 51.9 Å². The number of likely N-dealkylation sites (tertiary alicyclic amines) is 1. The molecule has 1 aliphatic carbocycles. The van der Waals surface area contributed by atoms with Crippen molar-refractivity contribution in [3.63, 3.8) is 0 Å². The second-order valence-electron chi connectivity index (χ2n) is 6.82. The van der Waals surface area contributed by atoms with Crippen LogP contribution in [0.25, 0.3) is 0 Å². The van der Waals surface area contributed by atoms with E-state index in [1.807, 2.05) is 0 Å². The van der Waals surface area contributed by atoms with Crippen LogP contribution < -0.4 is 0 Å². The molecule has 1 N–H and O–H groups in total. The predicted octanol–water partition coefficient (Wildman–Crippen LogP) is 3.34. The van der Waals surface area contributed by atoms with Crippen molar-refractivity contribution in [3.8, 4) is 0 Å². The number of carbonyl (C=O) groups excluding carboxylic acids is 1. The molecule has 3 rings (SSSR count). The van der Waals surface area contributed by atoms with Crippen molar-refractivity contribution in [2.75, 3.05) is 13.1 Å². The molecule has 0 aromatic carbocycles. The van der Waals surface area contributed by atoms with E-state index in [1.54, 1.807) is 23.2 Å². The first-order valence-corrected chi connectivity index (χ1v) is 8.95. The highest BCUT2D eigenvalue weighted by atomic mass is 32.1. The van der Waals surface area contributed by atoms with Crippen LogP contribution in [0.4, 0.5) is 0 Å². The Labute approximate surface area is 135 Å². The average molecular weight is 321 g/mol. The summed E-state index contributed by atoms with van der Waals surface area (Å²) in [6.07, 6.45) is 7.68. The van der Waals surface area contributed by atoms with E-state index in [1.165, 1.54) is 36.1 Å². The second kappa shape index (κ2) is 6.03. The smallest absolute Gasteiger partial charge is 0.311 e. The van der Waals surface area contributed by atoms with Crippen LogP contribution >= 0.6 is 11.3 Å². The molecule has 0 bridgehead atoms. The fourth-order valence-electron chi connectivity index (χ4n) is 3.41. The molecule has 2 heterocycles. The van der Waals surface area contributed by atoms with Gasteiger partial charge in [0.2, 0.25) is 0 Å². The van der Waals surface area contributed by atoms with E-state index >= 15 is 0 Å². The number of hydrogen-bond donors (Lipinski definition) is 1. The molecule has 0 saturated carbocycles. The zero-order valence-corrected chi connectivity index (χ0v) is 13.9. The van der Waals surface area contributed by atoms with E-state index < -0.39 is 11.4 Å². The van der Waals surface area contributed by atoms with Gasteiger partial charge in [0.15, 0.2) is 0 Å². The molecule has 120 valence electrons. The summed E-state index contributed by atoms with van der Waals surface area (Å²) in [5.41, 5.74) is 0.551. The third-order valence-corrected chi connectivity index (χ3v) is 6.21. The van der Waals surface area contributed by atoms with E-state index in [9.17, 15) is 14.7 Å². The van der Waals surface area contributed by atoms with Gasteiger partial charge in [-0.3, -0.25) is 9.59 Å². The predicted molar refractivity (Wildman–Crippen MR) is 86.5 cm³/mol. The van der Waals surface area contributed by atoms with Gasteiger partial charge in [0.25, 0.3) is 5.91 Å². The third-order valence-electron chi connectivity index (χ3n) is 4.98. The summed E-state index contributed by atoms with van der Waals surface area (Å²) < 4.78 is 0. The quantitative estimate of drug-likeness (QED) is 0.909. The van der Waals surface area contributed by atoms with E-state index in [-0.39, 0.29) is 5.91 Å². The number of hydrogen-bond acceptors (Lipinski definition) is 3. The molecule has 1 fully saturated rings. The van der Waals surface area contributed by atoms with Crippen LogP contribution in [0.2, 0.25) is 0 Å². The molecule has 5 heteroatoms. The Morgan fingerprint density at radius 1 is 1.23 bits per heavy atom. The van der Waals surface area contributed by atoms with E-state index in [0.29, 0.717) is 19.5 Å². The molecule has 1 atom stereocenters. The Morgan fingerprint density at radius 2 is 1.95 bits per heavy atom. The molecule has 0 radical (unpaired) electrons. The fraction of sp³-hybridized carbons (Fsp3) is 0.647. The van der Waals surface area contributed by atoms with Crippen molar-refractivity contribution in [1.82, 2.24) is 4.90 Å². The Morgan fingerprint density at radius 3 is 2.64 bits per heavy atom. The molecule has 1 aromatic rings. The summed E-state index contributed by atoms with van der Waals surface area (Å²) in [5.74, 6) is -0.789. The number of carboxylic acid groups (broad SMARTS) is 1. The van der Waals surface area contributed by atoms with Crippen molar-refractivity contribution < 1.29 is 14.7 Å². The van der Waals surface area contributed by atoms with Crippen molar-refractivity contribution in [3.05, 3.63) is 21.4 Å². The monoisotopic (exact) mass is 321 g/mol. The maximum Gasteiger partial charge on any atom is 0.311 e. The topological polar surface area (TPSA) is 57.6 Å². The second-order valence-corrected chi connectivity index (χ2v) is 7.95. The highest BCUT2D eigenvalue weighted by Gasteiger charge is 2.42. The highest BCUT2D eigenvalue weighted by Crippen LogP contribution is 2.34. The zero-order valence-electron chi connectivity index (χ0n) is 13.1. The number of nitrogens with zero attached hydrogens (tertiary/aromatic N) is 1. The number of thiophene rings is 1. The van der Waals surface area contributed by atoms with Crippen LogP contribution in [0.5, 0.6) is 0 Å². The fourth-order valence-corrected chi connectivity index (χ4v) is 4.64. The van der Waals surface area contributed by atoms with Gasteiger partial charge in [-0.05, 0) is 50.7 Å². The summed E-state index contributed by atoms with van der Waals surface area (Å²) in [5, 5.41) is 9.30. The minimum atomic E-state index is -0.804. The molecule has 1 saturated heterocycles. The van der Waals surface area contributed by atoms with Gasteiger partial charge in [0.05, 0.1) is 10.3 Å². The number of rotatable bonds is 2. The number of amides is 1. The van der Waals surface area contributed by atoms with E-state index in [4.69, 9.17) is 0 Å². The Bertz CT molecular complexity index is 569. The van der Waals surface area contributed by atoms with Crippen molar-refractivity contribution in [1.29, 1.82) is 0 Å². The summed E-state index contributed by atoms with van der Waals surface area (Å²) in [7, 11) is 0. The molecular weight excluding hydrogens is 298 g/mol. The molecule has 2 aliphatic rings. The van der Waals surface area contributed by atoms with Crippen LogP contribution in [0, 0.1) is 5.41 Å². The largest absolute Gasteiger partial charge is 0.481 e. The summed E-state index contributed by atoms with van der Waals surface area (Å²) in [6.45, 7) is 2.60. The van der Waals surface area contributed by atoms with Gasteiger partial charge in [0, 0.05) is 18.0 Å². The van der Waals surface area contributed by atoms with Gasteiger partial charge in [-0.15, -0.1) is 11.3 Å². The molecule has 1 amide bonds. The first kappa shape index (κ1) is 15.5. The minimum Gasteiger partial charge on any atom is -0.481 e. The highest BCUT2D eigenvalue weighted by molar-refractivity contribution is 7.14. The number of carboxylic acids is 1. The van der Waals surface area contributed by atoms with Crippen LogP contribution in [0.3, 0.4) is 0 Å². The summed E-state index contributed by atoms with van der Waals surface area (Å²) in [6, 6.07) is 2.06.